The van der Waals surface area contributed by atoms with Gasteiger partial charge in [-0.25, -0.2) is 4.98 Å². The molecular formula is C27H29N3O2S. The van der Waals surface area contributed by atoms with Gasteiger partial charge in [0, 0.05) is 23.0 Å². The molecule has 5 nitrogen and oxygen atoms in total. The van der Waals surface area contributed by atoms with Crippen LogP contribution in [0.15, 0.2) is 60.7 Å². The van der Waals surface area contributed by atoms with Gasteiger partial charge in [0.25, 0.3) is 5.91 Å². The third-order valence-electron chi connectivity index (χ3n) is 5.71. The number of aromatic nitrogens is 1. The molecule has 0 aliphatic rings. The molecule has 4 aromatic rings. The number of hydrogen-bond acceptors (Lipinski definition) is 5. The van der Waals surface area contributed by atoms with Gasteiger partial charge in [0.1, 0.15) is 15.5 Å². The summed E-state index contributed by atoms with van der Waals surface area (Å²) in [5.74, 6) is 0.730. The number of nitrogen functional groups attached to an aromatic ring is 1. The molecule has 1 amide bonds. The van der Waals surface area contributed by atoms with Crippen LogP contribution in [0, 0.1) is 0 Å². The molecule has 0 fully saturated rings. The maximum Gasteiger partial charge on any atom is 0.266 e. The van der Waals surface area contributed by atoms with E-state index in [-0.39, 0.29) is 18.0 Å². The maximum absolute atomic E-state index is 13.5. The van der Waals surface area contributed by atoms with Crippen LogP contribution in [0.25, 0.3) is 32.6 Å². The van der Waals surface area contributed by atoms with E-state index in [0.29, 0.717) is 10.6 Å². The van der Waals surface area contributed by atoms with Crippen LogP contribution < -0.4 is 10.5 Å². The fourth-order valence-electron chi connectivity index (χ4n) is 4.22. The molecule has 170 valence electrons. The average Bonchev–Trinajstić information content (AvgIpc) is 3.15. The number of fused-ring (bicyclic) bond motifs is 1. The zero-order valence-corrected chi connectivity index (χ0v) is 20.4. The first-order valence-corrected chi connectivity index (χ1v) is 11.9. The molecule has 0 saturated carbocycles. The number of ether oxygens (including phenoxy) is 1. The van der Waals surface area contributed by atoms with Crippen molar-refractivity contribution >= 4 is 33.1 Å². The second kappa shape index (κ2) is 9.24. The highest BCUT2D eigenvalue weighted by Crippen LogP contribution is 2.42. The van der Waals surface area contributed by atoms with Crippen LogP contribution >= 0.6 is 11.3 Å². The lowest BCUT2D eigenvalue weighted by Crippen LogP contribution is -2.41. The summed E-state index contributed by atoms with van der Waals surface area (Å²) in [6.45, 7) is 8.10. The van der Waals surface area contributed by atoms with E-state index in [2.05, 4.69) is 6.07 Å². The number of rotatable bonds is 6. The van der Waals surface area contributed by atoms with E-state index in [0.717, 1.165) is 38.4 Å². The van der Waals surface area contributed by atoms with Gasteiger partial charge in [-0.05, 0) is 57.0 Å². The van der Waals surface area contributed by atoms with E-state index >= 15 is 0 Å². The van der Waals surface area contributed by atoms with Crippen molar-refractivity contribution < 1.29 is 9.53 Å². The third-order valence-corrected chi connectivity index (χ3v) is 6.80. The Balaban J connectivity index is 1.96. The van der Waals surface area contributed by atoms with Gasteiger partial charge in [-0.1, -0.05) is 42.5 Å². The van der Waals surface area contributed by atoms with Crippen molar-refractivity contribution in [3.63, 3.8) is 0 Å². The Morgan fingerprint density at radius 3 is 2.18 bits per heavy atom. The van der Waals surface area contributed by atoms with Crippen molar-refractivity contribution in [2.45, 2.75) is 39.8 Å². The second-order valence-corrected chi connectivity index (χ2v) is 9.57. The summed E-state index contributed by atoms with van der Waals surface area (Å²) in [6.07, 6.45) is 0. The zero-order valence-electron chi connectivity index (χ0n) is 19.6. The predicted octanol–water partition coefficient (Wildman–Crippen LogP) is 6.48. The highest BCUT2D eigenvalue weighted by molar-refractivity contribution is 7.21. The molecule has 33 heavy (non-hydrogen) atoms. The number of carbonyl (C=O) groups is 1. The van der Waals surface area contributed by atoms with E-state index in [4.69, 9.17) is 15.5 Å². The van der Waals surface area contributed by atoms with E-state index < -0.39 is 0 Å². The van der Waals surface area contributed by atoms with Crippen molar-refractivity contribution in [1.82, 2.24) is 9.88 Å². The molecule has 2 N–H and O–H groups in total. The van der Waals surface area contributed by atoms with E-state index in [1.54, 1.807) is 7.11 Å². The second-order valence-electron chi connectivity index (χ2n) is 8.57. The maximum atomic E-state index is 13.5. The summed E-state index contributed by atoms with van der Waals surface area (Å²) in [5.41, 5.74) is 11.0. The van der Waals surface area contributed by atoms with Gasteiger partial charge < -0.3 is 15.4 Å². The van der Waals surface area contributed by atoms with Gasteiger partial charge in [-0.2, -0.15) is 0 Å². The van der Waals surface area contributed by atoms with Crippen molar-refractivity contribution in [3.8, 4) is 28.1 Å². The minimum absolute atomic E-state index is 0.0533. The SMILES string of the molecule is COc1ccc(-c2cc(-c3ccccc3)nc3sc(C(=O)N(C(C)C)C(C)C)c(N)c23)cc1. The summed E-state index contributed by atoms with van der Waals surface area (Å²) in [6, 6.07) is 20.1. The van der Waals surface area contributed by atoms with Gasteiger partial charge in [0.2, 0.25) is 0 Å². The van der Waals surface area contributed by atoms with Gasteiger partial charge in [0.05, 0.1) is 18.5 Å². The Morgan fingerprint density at radius 1 is 0.970 bits per heavy atom. The Morgan fingerprint density at radius 2 is 1.61 bits per heavy atom. The highest BCUT2D eigenvalue weighted by Gasteiger charge is 2.28. The molecule has 0 atom stereocenters. The van der Waals surface area contributed by atoms with Gasteiger partial charge >= 0.3 is 0 Å². The Labute approximate surface area is 198 Å². The number of pyridine rings is 1. The molecule has 0 radical (unpaired) electrons. The summed E-state index contributed by atoms with van der Waals surface area (Å²) < 4.78 is 5.33. The smallest absolute Gasteiger partial charge is 0.266 e. The molecule has 2 aromatic heterocycles. The number of thiophene rings is 1. The fourth-order valence-corrected chi connectivity index (χ4v) is 5.28. The number of methoxy groups -OCH3 is 1. The van der Waals surface area contributed by atoms with Crippen LogP contribution in [0.3, 0.4) is 0 Å². The largest absolute Gasteiger partial charge is 0.497 e. The number of anilines is 1. The first kappa shape index (κ1) is 22.8. The number of nitrogens with two attached hydrogens (primary N) is 1. The number of amides is 1. The van der Waals surface area contributed by atoms with Crippen LogP contribution in [0.5, 0.6) is 5.75 Å². The lowest BCUT2D eigenvalue weighted by atomic mass is 9.99. The Kier molecular flexibility index (Phi) is 6.38. The summed E-state index contributed by atoms with van der Waals surface area (Å²) in [4.78, 5) is 21.6. The number of benzene rings is 2. The van der Waals surface area contributed by atoms with Gasteiger partial charge in [-0.3, -0.25) is 4.79 Å². The van der Waals surface area contributed by atoms with Crippen LogP contribution in [0.1, 0.15) is 37.4 Å². The van der Waals surface area contributed by atoms with E-state index in [1.165, 1.54) is 11.3 Å². The van der Waals surface area contributed by atoms with E-state index in [9.17, 15) is 4.79 Å². The summed E-state index contributed by atoms with van der Waals surface area (Å²) in [7, 11) is 1.65. The predicted molar refractivity (Wildman–Crippen MR) is 138 cm³/mol. The first-order valence-electron chi connectivity index (χ1n) is 11.1. The molecule has 2 heterocycles. The molecule has 0 aliphatic carbocycles. The minimum Gasteiger partial charge on any atom is -0.497 e. The summed E-state index contributed by atoms with van der Waals surface area (Å²) >= 11 is 1.37. The zero-order chi connectivity index (χ0) is 23.7. The van der Waals surface area contributed by atoms with Crippen molar-refractivity contribution in [2.75, 3.05) is 12.8 Å². The lowest BCUT2D eigenvalue weighted by molar-refractivity contribution is 0.0650. The summed E-state index contributed by atoms with van der Waals surface area (Å²) in [5, 5.41) is 0.820. The highest BCUT2D eigenvalue weighted by atomic mass is 32.1. The van der Waals surface area contributed by atoms with Crippen LogP contribution in [-0.2, 0) is 0 Å². The number of hydrogen-bond donors (Lipinski definition) is 1. The van der Waals surface area contributed by atoms with Crippen LogP contribution in [-0.4, -0.2) is 35.0 Å². The van der Waals surface area contributed by atoms with Crippen molar-refractivity contribution in [1.29, 1.82) is 0 Å². The third kappa shape index (κ3) is 4.31. The van der Waals surface area contributed by atoms with Gasteiger partial charge in [0.15, 0.2) is 0 Å². The van der Waals surface area contributed by atoms with Crippen molar-refractivity contribution in [2.24, 2.45) is 0 Å². The minimum atomic E-state index is -0.0533. The topological polar surface area (TPSA) is 68.5 Å². The standard InChI is InChI=1S/C27H29N3O2S/c1-16(2)30(17(3)4)27(31)25-24(28)23-21(18-11-13-20(32-5)14-12-18)15-22(29-26(23)33-25)19-9-7-6-8-10-19/h6-17H,28H2,1-5H3. The average molecular weight is 460 g/mol. The van der Waals surface area contributed by atoms with Crippen molar-refractivity contribution in [3.05, 3.63) is 65.5 Å². The monoisotopic (exact) mass is 459 g/mol. The number of carbonyl (C=O) groups excluding carboxylic acids is 1. The quantitative estimate of drug-likeness (QED) is 0.358. The van der Waals surface area contributed by atoms with Crippen LogP contribution in [0.4, 0.5) is 5.69 Å². The molecule has 0 aliphatic heterocycles. The molecule has 2 aromatic carbocycles. The Hall–Kier alpha value is -3.38. The van der Waals surface area contributed by atoms with E-state index in [1.807, 2.05) is 87.2 Å². The molecule has 0 saturated heterocycles. The lowest BCUT2D eigenvalue weighted by Gasteiger charge is -2.30. The molecular weight excluding hydrogens is 430 g/mol. The normalized spacial score (nSPS) is 11.4. The first-order chi connectivity index (χ1) is 15.8. The molecule has 6 heteroatoms. The molecule has 0 spiro atoms. The molecule has 0 bridgehead atoms. The Bertz CT molecular complexity index is 1270. The van der Waals surface area contributed by atoms with Gasteiger partial charge in [-0.15, -0.1) is 11.3 Å². The van der Waals surface area contributed by atoms with Crippen LogP contribution in [0.2, 0.25) is 0 Å². The molecule has 4 rings (SSSR count). The fraction of sp³-hybridized carbons (Fsp3) is 0.259. The molecule has 0 unspecified atom stereocenters. The number of nitrogens with zero attached hydrogens (tertiary/aromatic N) is 2.